The molecule has 1 aliphatic rings. The fourth-order valence-electron chi connectivity index (χ4n) is 9.59. The summed E-state index contributed by atoms with van der Waals surface area (Å²) in [5.74, 6) is 1.54. The quantitative estimate of drug-likeness (QED) is 0.178. The number of rotatable bonds is 6. The molecule has 0 fully saturated rings. The zero-order valence-corrected chi connectivity index (χ0v) is 34.8. The Morgan fingerprint density at radius 1 is 0.381 bits per heavy atom. The van der Waals surface area contributed by atoms with E-state index in [4.69, 9.17) is 9.98 Å². The van der Waals surface area contributed by atoms with Crippen molar-refractivity contribution in [2.75, 3.05) is 0 Å². The second-order valence-electron chi connectivity index (χ2n) is 16.2. The van der Waals surface area contributed by atoms with E-state index >= 15 is 0 Å². The van der Waals surface area contributed by atoms with Gasteiger partial charge in [-0.1, -0.05) is 158 Å². The third-order valence-electron chi connectivity index (χ3n) is 12.6. The summed E-state index contributed by atoms with van der Waals surface area (Å²) in [7, 11) is 0. The summed E-state index contributed by atoms with van der Waals surface area (Å²) >= 11 is 1.84. The maximum atomic E-state index is 5.11. The lowest BCUT2D eigenvalue weighted by molar-refractivity contribution is 0.674. The van der Waals surface area contributed by atoms with E-state index in [2.05, 4.69) is 203 Å². The van der Waals surface area contributed by atoms with Crippen LogP contribution in [0.1, 0.15) is 22.9 Å². The minimum Gasteiger partial charge on any atom is -0.344 e. The van der Waals surface area contributed by atoms with E-state index in [-0.39, 0.29) is 6.17 Å². The molecule has 1 unspecified atom stereocenters. The van der Waals surface area contributed by atoms with Crippen LogP contribution in [0.2, 0.25) is 0 Å². The molecular formula is C57H37N5S. The number of hydrogen-bond acceptors (Lipinski definition) is 4. The van der Waals surface area contributed by atoms with Crippen LogP contribution in [0.25, 0.3) is 86.3 Å². The molecule has 296 valence electrons. The summed E-state index contributed by atoms with van der Waals surface area (Å²) in [6, 6.07) is 76.3. The highest BCUT2D eigenvalue weighted by Gasteiger charge is 2.23. The number of benzene rings is 9. The van der Waals surface area contributed by atoms with Crippen molar-refractivity contribution in [1.82, 2.24) is 14.5 Å². The molecule has 0 radical (unpaired) electrons. The van der Waals surface area contributed by atoms with Gasteiger partial charge in [0.1, 0.15) is 12.0 Å². The van der Waals surface area contributed by atoms with Crippen LogP contribution in [0.5, 0.6) is 0 Å². The fourth-order valence-corrected chi connectivity index (χ4v) is 10.8. The summed E-state index contributed by atoms with van der Waals surface area (Å²) in [4.78, 5) is 10.2. The van der Waals surface area contributed by atoms with Crippen LogP contribution >= 0.6 is 11.3 Å². The number of thiophene rings is 1. The Bertz CT molecular complexity index is 3800. The highest BCUT2D eigenvalue weighted by Crippen LogP contribution is 2.43. The number of nitrogens with one attached hydrogen (secondary N) is 1. The van der Waals surface area contributed by atoms with Crippen molar-refractivity contribution in [2.45, 2.75) is 6.17 Å². The average Bonchev–Trinajstić information content (AvgIpc) is 4.00. The summed E-state index contributed by atoms with van der Waals surface area (Å²) in [6.07, 6.45) is -0.249. The highest BCUT2D eigenvalue weighted by atomic mass is 32.1. The average molecular weight is 824 g/mol. The van der Waals surface area contributed by atoms with Crippen molar-refractivity contribution in [3.8, 4) is 22.5 Å². The summed E-state index contributed by atoms with van der Waals surface area (Å²) in [5, 5.41) is 11.1. The fraction of sp³-hybridized carbons (Fsp3) is 0.0175. The summed E-state index contributed by atoms with van der Waals surface area (Å²) in [6.45, 7) is 0. The monoisotopic (exact) mass is 823 g/mol. The zero-order valence-electron chi connectivity index (χ0n) is 34.0. The third kappa shape index (κ3) is 5.83. The van der Waals surface area contributed by atoms with Gasteiger partial charge in [0, 0.05) is 64.2 Å². The molecule has 9 aromatic carbocycles. The van der Waals surface area contributed by atoms with E-state index in [0.29, 0.717) is 0 Å². The molecular weight excluding hydrogens is 787 g/mol. The predicted molar refractivity (Wildman–Crippen MR) is 265 cm³/mol. The van der Waals surface area contributed by atoms with Crippen LogP contribution in [0, 0.1) is 0 Å². The Balaban J connectivity index is 0.975. The standard InChI is InChI=1S/C57H37N5S/c1-5-15-36(16-6-1)39-25-28-44-43-23-13-14-24-49(43)62(50(44)31-39)42-27-30-45-47-34-48-46-29-26-40(32-53(46)63-54(48)35-52(47)61(51(45)33-42)41-21-11-4-12-22-41)57-59-55(37-17-7-2-8-18-37)58-56(60-57)38-19-9-3-10-20-38/h1-35,55H,(H,58,59,60). The maximum Gasteiger partial charge on any atom is 0.159 e. The van der Waals surface area contributed by atoms with Crippen molar-refractivity contribution in [3.05, 3.63) is 229 Å². The molecule has 6 heteroatoms. The third-order valence-corrected chi connectivity index (χ3v) is 13.7. The van der Waals surface area contributed by atoms with E-state index in [1.54, 1.807) is 0 Å². The molecule has 0 spiro atoms. The smallest absolute Gasteiger partial charge is 0.159 e. The molecule has 3 aromatic heterocycles. The number of para-hydroxylation sites is 2. The number of amidine groups is 2. The van der Waals surface area contributed by atoms with Crippen molar-refractivity contribution in [1.29, 1.82) is 0 Å². The SMILES string of the molecule is c1ccc(C2=NC(c3ccccc3)NC(c3ccc4c(c3)sc3cc5c(cc34)c3ccc(-n4c6ccccc6c6ccc(-c7ccccc7)cc64)cc3n5-c3ccccc3)=N2)cc1. The zero-order chi connectivity index (χ0) is 41.4. The Labute approximate surface area is 367 Å². The number of hydrogen-bond donors (Lipinski definition) is 1. The van der Waals surface area contributed by atoms with Gasteiger partial charge < -0.3 is 14.5 Å². The number of aromatic nitrogens is 2. The first-order valence-electron chi connectivity index (χ1n) is 21.3. The number of nitrogens with zero attached hydrogens (tertiary/aromatic N) is 4. The molecule has 0 aliphatic carbocycles. The van der Waals surface area contributed by atoms with Crippen molar-refractivity contribution < 1.29 is 0 Å². The molecule has 0 saturated heterocycles. The first-order valence-corrected chi connectivity index (χ1v) is 22.2. The summed E-state index contributed by atoms with van der Waals surface area (Å²) in [5.41, 5.74) is 12.6. The van der Waals surface area contributed by atoms with Gasteiger partial charge in [-0.3, -0.25) is 0 Å². The highest BCUT2D eigenvalue weighted by molar-refractivity contribution is 7.25. The lowest BCUT2D eigenvalue weighted by Gasteiger charge is -2.23. The van der Waals surface area contributed by atoms with Crippen LogP contribution in [0.15, 0.2) is 222 Å². The molecule has 0 bridgehead atoms. The second kappa shape index (κ2) is 14.3. The molecule has 13 rings (SSSR count). The molecule has 63 heavy (non-hydrogen) atoms. The van der Waals surface area contributed by atoms with Gasteiger partial charge in [0.05, 0.1) is 22.1 Å². The van der Waals surface area contributed by atoms with E-state index in [1.165, 1.54) is 74.9 Å². The van der Waals surface area contributed by atoms with Crippen LogP contribution in [0.4, 0.5) is 0 Å². The first-order chi connectivity index (χ1) is 31.2. The van der Waals surface area contributed by atoms with Crippen LogP contribution in [0.3, 0.4) is 0 Å². The van der Waals surface area contributed by atoms with Gasteiger partial charge in [0.2, 0.25) is 0 Å². The lowest BCUT2D eigenvalue weighted by atomic mass is 10.0. The molecule has 1 N–H and O–H groups in total. The minimum absolute atomic E-state index is 0.249. The Hall–Kier alpha value is -8.06. The van der Waals surface area contributed by atoms with E-state index in [1.807, 2.05) is 35.6 Å². The van der Waals surface area contributed by atoms with Crippen LogP contribution < -0.4 is 5.32 Å². The first kappa shape index (κ1) is 35.7. The Morgan fingerprint density at radius 3 is 1.78 bits per heavy atom. The topological polar surface area (TPSA) is 46.6 Å². The Kier molecular flexibility index (Phi) is 8.08. The van der Waals surface area contributed by atoms with Crippen LogP contribution in [-0.2, 0) is 0 Å². The summed E-state index contributed by atoms with van der Waals surface area (Å²) < 4.78 is 7.36. The predicted octanol–water partition coefficient (Wildman–Crippen LogP) is 14.4. The Morgan fingerprint density at radius 2 is 0.968 bits per heavy atom. The number of fused-ring (bicyclic) bond motifs is 9. The second-order valence-corrected chi connectivity index (χ2v) is 17.3. The molecule has 12 aromatic rings. The van der Waals surface area contributed by atoms with E-state index in [0.717, 1.165) is 39.7 Å². The minimum atomic E-state index is -0.249. The van der Waals surface area contributed by atoms with E-state index in [9.17, 15) is 0 Å². The van der Waals surface area contributed by atoms with Crippen molar-refractivity contribution in [3.63, 3.8) is 0 Å². The normalized spacial score (nSPS) is 14.2. The number of aliphatic imine (C=N–C) groups is 2. The molecule has 4 heterocycles. The van der Waals surface area contributed by atoms with Gasteiger partial charge in [0.15, 0.2) is 5.84 Å². The van der Waals surface area contributed by atoms with Gasteiger partial charge in [-0.2, -0.15) is 0 Å². The molecule has 0 amide bonds. The van der Waals surface area contributed by atoms with E-state index < -0.39 is 0 Å². The molecule has 0 saturated carbocycles. The van der Waals surface area contributed by atoms with Gasteiger partial charge in [-0.25, -0.2) is 9.98 Å². The van der Waals surface area contributed by atoms with Gasteiger partial charge in [-0.05, 0) is 71.3 Å². The maximum absolute atomic E-state index is 5.11. The molecule has 5 nitrogen and oxygen atoms in total. The largest absolute Gasteiger partial charge is 0.344 e. The molecule has 1 aliphatic heterocycles. The van der Waals surface area contributed by atoms with Crippen molar-refractivity contribution in [2.24, 2.45) is 9.98 Å². The van der Waals surface area contributed by atoms with Gasteiger partial charge >= 0.3 is 0 Å². The van der Waals surface area contributed by atoms with Crippen LogP contribution in [-0.4, -0.2) is 20.8 Å². The van der Waals surface area contributed by atoms with Gasteiger partial charge in [-0.15, -0.1) is 11.3 Å². The van der Waals surface area contributed by atoms with Crippen molar-refractivity contribution >= 4 is 86.8 Å². The van der Waals surface area contributed by atoms with Gasteiger partial charge in [0.25, 0.3) is 0 Å². The molecule has 1 atom stereocenters. The lowest BCUT2D eigenvalue weighted by Crippen LogP contribution is -2.33.